The molecule has 0 saturated heterocycles. The third-order valence-electron chi connectivity index (χ3n) is 3.20. The second-order valence-electron chi connectivity index (χ2n) is 4.91. The third kappa shape index (κ3) is 4.85. The van der Waals surface area contributed by atoms with Gasteiger partial charge in [-0.25, -0.2) is 4.79 Å². The zero-order chi connectivity index (χ0) is 15.8. The number of aliphatic hydroxyl groups excluding tert-OH is 1. The Morgan fingerprint density at radius 2 is 2.32 bits per heavy atom. The predicted octanol–water partition coefficient (Wildman–Crippen LogP) is 2.41. The number of rotatable bonds is 7. The molecule has 2 aromatic rings. The molecule has 0 aliphatic rings. The maximum Gasteiger partial charge on any atom is 0.319 e. The van der Waals surface area contributed by atoms with Crippen LogP contribution in [-0.4, -0.2) is 34.0 Å². The van der Waals surface area contributed by atoms with E-state index in [1.54, 1.807) is 18.2 Å². The Labute approximate surface area is 128 Å². The van der Waals surface area contributed by atoms with E-state index in [-0.39, 0.29) is 12.1 Å². The average Bonchev–Trinajstić information content (AvgIpc) is 3.06. The van der Waals surface area contributed by atoms with Crippen LogP contribution in [0.4, 0.5) is 10.5 Å². The number of carbonyl (C=O) groups excluding carboxylic acids is 1. The lowest BCUT2D eigenvalue weighted by atomic mass is 10.1. The van der Waals surface area contributed by atoms with Gasteiger partial charge < -0.3 is 20.2 Å². The highest BCUT2D eigenvalue weighted by Crippen LogP contribution is 2.20. The van der Waals surface area contributed by atoms with E-state index >= 15 is 0 Å². The van der Waals surface area contributed by atoms with Crippen LogP contribution in [0.5, 0.6) is 0 Å². The molecule has 1 aromatic heterocycles. The molecule has 0 radical (unpaired) electrons. The molecule has 3 N–H and O–H groups in total. The van der Waals surface area contributed by atoms with E-state index in [9.17, 15) is 9.90 Å². The van der Waals surface area contributed by atoms with Gasteiger partial charge in [0.15, 0.2) is 0 Å². The minimum absolute atomic E-state index is 0.284. The van der Waals surface area contributed by atoms with E-state index in [1.807, 2.05) is 13.0 Å². The number of benzene rings is 1. The number of nitrogens with one attached hydrogen (secondary N) is 2. The number of urea groups is 1. The quantitative estimate of drug-likeness (QED) is 0.682. The van der Waals surface area contributed by atoms with Crippen LogP contribution in [0.15, 0.2) is 35.1 Å². The summed E-state index contributed by atoms with van der Waals surface area (Å²) in [5.74, 6) is 0.401. The zero-order valence-corrected chi connectivity index (χ0v) is 12.5. The van der Waals surface area contributed by atoms with Crippen molar-refractivity contribution in [2.75, 3.05) is 11.9 Å². The highest BCUT2D eigenvalue weighted by atomic mass is 16.4. The summed E-state index contributed by atoms with van der Waals surface area (Å²) >= 11 is 0. The molecule has 0 fully saturated rings. The normalized spacial score (nSPS) is 11.9. The first kappa shape index (κ1) is 16.0. The lowest BCUT2D eigenvalue weighted by molar-refractivity contribution is 0.157. The van der Waals surface area contributed by atoms with Gasteiger partial charge in [-0.3, -0.25) is 0 Å². The van der Waals surface area contributed by atoms with E-state index in [0.717, 1.165) is 18.4 Å². The number of hydrogen-bond donors (Lipinski definition) is 3. The van der Waals surface area contributed by atoms with Gasteiger partial charge >= 0.3 is 6.03 Å². The molecule has 0 spiro atoms. The number of hydrogen-bond acceptors (Lipinski definition) is 5. The predicted molar refractivity (Wildman–Crippen MR) is 82.3 cm³/mol. The van der Waals surface area contributed by atoms with Gasteiger partial charge in [0.1, 0.15) is 0 Å². The van der Waals surface area contributed by atoms with Crippen molar-refractivity contribution < 1.29 is 14.3 Å². The molecule has 7 nitrogen and oxygen atoms in total. The van der Waals surface area contributed by atoms with Crippen molar-refractivity contribution in [2.24, 2.45) is 0 Å². The second-order valence-corrected chi connectivity index (χ2v) is 4.91. The first-order valence-corrected chi connectivity index (χ1v) is 7.28. The van der Waals surface area contributed by atoms with Crippen LogP contribution in [0, 0.1) is 0 Å². The Morgan fingerprint density at radius 3 is 3.05 bits per heavy atom. The van der Waals surface area contributed by atoms with Gasteiger partial charge in [0.25, 0.3) is 0 Å². The number of aromatic nitrogens is 2. The summed E-state index contributed by atoms with van der Waals surface area (Å²) in [6.45, 7) is 2.45. The number of anilines is 1. The lowest BCUT2D eigenvalue weighted by Crippen LogP contribution is -2.30. The van der Waals surface area contributed by atoms with Crippen molar-refractivity contribution in [3.63, 3.8) is 0 Å². The van der Waals surface area contributed by atoms with Gasteiger partial charge in [-0.1, -0.05) is 13.0 Å². The second kappa shape index (κ2) is 8.14. The highest BCUT2D eigenvalue weighted by Gasteiger charge is 2.06. The Hall–Kier alpha value is -2.41. The topological polar surface area (TPSA) is 100 Å². The van der Waals surface area contributed by atoms with E-state index in [1.165, 1.54) is 6.39 Å². The van der Waals surface area contributed by atoms with Crippen LogP contribution in [0.1, 0.15) is 26.2 Å². The highest BCUT2D eigenvalue weighted by molar-refractivity contribution is 5.89. The van der Waals surface area contributed by atoms with E-state index in [0.29, 0.717) is 24.5 Å². The summed E-state index contributed by atoms with van der Waals surface area (Å²) in [6.07, 6.45) is 3.12. The van der Waals surface area contributed by atoms with Crippen LogP contribution < -0.4 is 10.6 Å². The molecule has 22 heavy (non-hydrogen) atoms. The summed E-state index contributed by atoms with van der Waals surface area (Å²) < 4.78 is 5.12. The summed E-state index contributed by atoms with van der Waals surface area (Å²) in [5.41, 5.74) is 1.38. The van der Waals surface area contributed by atoms with Gasteiger partial charge in [0.2, 0.25) is 12.3 Å². The van der Waals surface area contributed by atoms with Gasteiger partial charge in [-0.2, -0.15) is 0 Å². The number of carbonyl (C=O) groups is 1. The molecule has 2 amide bonds. The molecule has 1 heterocycles. The minimum atomic E-state index is -0.295. The fraction of sp³-hybridized carbons (Fsp3) is 0.400. The summed E-state index contributed by atoms with van der Waals surface area (Å²) in [4.78, 5) is 11.8. The Bertz CT molecular complexity index is 586. The van der Waals surface area contributed by atoms with Crippen molar-refractivity contribution in [2.45, 2.75) is 32.3 Å². The molecule has 1 unspecified atom stereocenters. The first-order chi connectivity index (χ1) is 10.7. The van der Waals surface area contributed by atoms with Crippen molar-refractivity contribution in [1.82, 2.24) is 15.5 Å². The molecular weight excluding hydrogens is 284 g/mol. The molecule has 0 saturated carbocycles. The van der Waals surface area contributed by atoms with Gasteiger partial charge in [0, 0.05) is 17.8 Å². The molecule has 7 heteroatoms. The number of amides is 2. The van der Waals surface area contributed by atoms with Crippen LogP contribution in [0.3, 0.4) is 0 Å². The van der Waals surface area contributed by atoms with Crippen molar-refractivity contribution in [3.05, 3.63) is 30.7 Å². The molecule has 118 valence electrons. The SMILES string of the molecule is CCC(O)CCCNC(=O)Nc1cccc(-c2nnco2)c1. The fourth-order valence-corrected chi connectivity index (χ4v) is 1.95. The Kier molecular flexibility index (Phi) is 5.91. The molecule has 2 rings (SSSR count). The molecule has 1 aromatic carbocycles. The number of aliphatic hydroxyl groups is 1. The molecule has 0 aliphatic carbocycles. The molecule has 0 aliphatic heterocycles. The summed E-state index contributed by atoms with van der Waals surface area (Å²) in [7, 11) is 0. The van der Waals surface area contributed by atoms with E-state index < -0.39 is 0 Å². The first-order valence-electron chi connectivity index (χ1n) is 7.28. The maximum atomic E-state index is 11.8. The average molecular weight is 304 g/mol. The van der Waals surface area contributed by atoms with E-state index in [4.69, 9.17) is 4.42 Å². The van der Waals surface area contributed by atoms with Crippen LogP contribution >= 0.6 is 0 Å². The number of nitrogens with zero attached hydrogens (tertiary/aromatic N) is 2. The molecule has 0 bridgehead atoms. The van der Waals surface area contributed by atoms with Gasteiger partial charge in [-0.15, -0.1) is 10.2 Å². The third-order valence-corrected chi connectivity index (χ3v) is 3.20. The lowest BCUT2D eigenvalue weighted by Gasteiger charge is -2.10. The van der Waals surface area contributed by atoms with Gasteiger partial charge in [-0.05, 0) is 37.5 Å². The van der Waals surface area contributed by atoms with Crippen molar-refractivity contribution >= 4 is 11.7 Å². The van der Waals surface area contributed by atoms with Crippen molar-refractivity contribution in [1.29, 1.82) is 0 Å². The minimum Gasteiger partial charge on any atom is -0.423 e. The van der Waals surface area contributed by atoms with Crippen LogP contribution in [0.25, 0.3) is 11.5 Å². The van der Waals surface area contributed by atoms with Gasteiger partial charge in [0.05, 0.1) is 6.10 Å². The standard InChI is InChI=1S/C15H20N4O3/c1-2-13(20)7-4-8-16-15(21)18-12-6-3-5-11(9-12)14-19-17-10-22-14/h3,5-6,9-10,13,20H,2,4,7-8H2,1H3,(H2,16,18,21). The van der Waals surface area contributed by atoms with Crippen LogP contribution in [0.2, 0.25) is 0 Å². The Morgan fingerprint density at radius 1 is 1.45 bits per heavy atom. The molecular formula is C15H20N4O3. The summed E-state index contributed by atoms with van der Waals surface area (Å²) in [6, 6.07) is 6.87. The van der Waals surface area contributed by atoms with Crippen molar-refractivity contribution in [3.8, 4) is 11.5 Å². The maximum absolute atomic E-state index is 11.8. The zero-order valence-electron chi connectivity index (χ0n) is 12.5. The monoisotopic (exact) mass is 304 g/mol. The smallest absolute Gasteiger partial charge is 0.319 e. The van der Waals surface area contributed by atoms with E-state index in [2.05, 4.69) is 20.8 Å². The Balaban J connectivity index is 1.81. The summed E-state index contributed by atoms with van der Waals surface area (Å²) in [5, 5.41) is 22.4. The van der Waals surface area contributed by atoms with Crippen LogP contribution in [-0.2, 0) is 0 Å². The largest absolute Gasteiger partial charge is 0.423 e. The fourth-order valence-electron chi connectivity index (χ4n) is 1.95. The molecule has 1 atom stereocenters.